The molecule has 1 aromatic carbocycles. The lowest BCUT2D eigenvalue weighted by atomic mass is 10.2. The molecule has 3 nitrogen and oxygen atoms in total. The van der Waals surface area contributed by atoms with Crippen LogP contribution in [-0.4, -0.2) is 31.0 Å². The second-order valence-electron chi connectivity index (χ2n) is 4.25. The van der Waals surface area contributed by atoms with E-state index in [9.17, 15) is 9.18 Å². The summed E-state index contributed by atoms with van der Waals surface area (Å²) in [6.07, 6.45) is 2.06. The van der Waals surface area contributed by atoms with Gasteiger partial charge in [-0.2, -0.15) is 11.8 Å². The number of nitrogens with one attached hydrogen (secondary N) is 2. The van der Waals surface area contributed by atoms with E-state index in [1.165, 1.54) is 12.1 Å². The number of amides is 1. The monoisotopic (exact) mass is 270 g/mol. The van der Waals surface area contributed by atoms with Gasteiger partial charge in [0.1, 0.15) is 5.82 Å². The number of halogens is 1. The third-order valence-electron chi connectivity index (χ3n) is 2.34. The van der Waals surface area contributed by atoms with Crippen LogP contribution in [0.3, 0.4) is 0 Å². The van der Waals surface area contributed by atoms with Crippen LogP contribution in [0.2, 0.25) is 0 Å². The van der Waals surface area contributed by atoms with Gasteiger partial charge in [-0.3, -0.25) is 4.79 Å². The average molecular weight is 270 g/mol. The highest BCUT2D eigenvalue weighted by Crippen LogP contribution is 2.08. The molecule has 5 heteroatoms. The summed E-state index contributed by atoms with van der Waals surface area (Å²) in [5.74, 6) is 1.09. The quantitative estimate of drug-likeness (QED) is 0.799. The second-order valence-corrected chi connectivity index (χ2v) is 5.16. The third kappa shape index (κ3) is 6.02. The summed E-state index contributed by atoms with van der Waals surface area (Å²) in [7, 11) is 0. The molecule has 0 heterocycles. The zero-order valence-electron chi connectivity index (χ0n) is 10.7. The standard InChI is InChI=1S/C13H19FN2OS/c1-10(9-18-2)7-15-8-13(17)16-12-5-3-4-11(14)6-12/h3-6,10,15H,7-9H2,1-2H3,(H,16,17). The number of hydrogen-bond donors (Lipinski definition) is 2. The van der Waals surface area contributed by atoms with E-state index < -0.39 is 0 Å². The molecule has 0 saturated heterocycles. The first-order valence-electron chi connectivity index (χ1n) is 5.87. The van der Waals surface area contributed by atoms with Crippen LogP contribution in [0.4, 0.5) is 10.1 Å². The van der Waals surface area contributed by atoms with Gasteiger partial charge in [-0.15, -0.1) is 0 Å². The summed E-state index contributed by atoms with van der Waals surface area (Å²) in [6.45, 7) is 3.18. The number of benzene rings is 1. The van der Waals surface area contributed by atoms with Gasteiger partial charge in [0.05, 0.1) is 6.54 Å². The van der Waals surface area contributed by atoms with Gasteiger partial charge in [-0.05, 0) is 42.7 Å². The molecule has 0 saturated carbocycles. The van der Waals surface area contributed by atoms with Gasteiger partial charge in [0.25, 0.3) is 0 Å². The molecule has 1 unspecified atom stereocenters. The Morgan fingerprint density at radius 3 is 2.94 bits per heavy atom. The van der Waals surface area contributed by atoms with E-state index in [0.29, 0.717) is 11.6 Å². The highest BCUT2D eigenvalue weighted by atomic mass is 32.2. The summed E-state index contributed by atoms with van der Waals surface area (Å²) in [5, 5.41) is 5.73. The van der Waals surface area contributed by atoms with E-state index in [0.717, 1.165) is 12.3 Å². The fourth-order valence-electron chi connectivity index (χ4n) is 1.55. The Labute approximate surface area is 112 Å². The lowest BCUT2D eigenvalue weighted by Gasteiger charge is -2.11. The van der Waals surface area contributed by atoms with Crippen LogP contribution in [0.1, 0.15) is 6.92 Å². The van der Waals surface area contributed by atoms with Crippen molar-refractivity contribution < 1.29 is 9.18 Å². The lowest BCUT2D eigenvalue weighted by Crippen LogP contribution is -2.31. The first-order valence-corrected chi connectivity index (χ1v) is 7.26. The van der Waals surface area contributed by atoms with Crippen LogP contribution < -0.4 is 10.6 Å². The fraction of sp³-hybridized carbons (Fsp3) is 0.462. The summed E-state index contributed by atoms with van der Waals surface area (Å²) in [4.78, 5) is 11.6. The SMILES string of the molecule is CSCC(C)CNCC(=O)Nc1cccc(F)c1. The maximum atomic E-state index is 12.9. The molecular formula is C13H19FN2OS. The molecule has 0 aromatic heterocycles. The Balaban J connectivity index is 2.25. The van der Waals surface area contributed by atoms with E-state index in [1.54, 1.807) is 23.9 Å². The minimum Gasteiger partial charge on any atom is -0.325 e. The number of hydrogen-bond acceptors (Lipinski definition) is 3. The van der Waals surface area contributed by atoms with E-state index in [2.05, 4.69) is 23.8 Å². The van der Waals surface area contributed by atoms with Crippen LogP contribution in [0.15, 0.2) is 24.3 Å². The van der Waals surface area contributed by atoms with E-state index in [1.807, 2.05) is 0 Å². The molecule has 0 bridgehead atoms. The largest absolute Gasteiger partial charge is 0.325 e. The lowest BCUT2D eigenvalue weighted by molar-refractivity contribution is -0.115. The van der Waals surface area contributed by atoms with Crippen molar-refractivity contribution in [1.29, 1.82) is 0 Å². The molecule has 0 aliphatic rings. The van der Waals surface area contributed by atoms with Gasteiger partial charge >= 0.3 is 0 Å². The molecule has 0 aliphatic heterocycles. The average Bonchev–Trinajstić information content (AvgIpc) is 2.29. The van der Waals surface area contributed by atoms with Crippen LogP contribution in [0.25, 0.3) is 0 Å². The molecular weight excluding hydrogens is 251 g/mol. The number of anilines is 1. The van der Waals surface area contributed by atoms with Crippen molar-refractivity contribution in [1.82, 2.24) is 5.32 Å². The van der Waals surface area contributed by atoms with Crippen molar-refractivity contribution in [2.75, 3.05) is 30.4 Å². The van der Waals surface area contributed by atoms with Crippen molar-refractivity contribution in [2.45, 2.75) is 6.92 Å². The Morgan fingerprint density at radius 2 is 2.28 bits per heavy atom. The number of carbonyl (C=O) groups is 1. The molecule has 0 aliphatic carbocycles. The Hall–Kier alpha value is -1.07. The van der Waals surface area contributed by atoms with Crippen molar-refractivity contribution in [3.05, 3.63) is 30.1 Å². The van der Waals surface area contributed by atoms with Crippen molar-refractivity contribution >= 4 is 23.4 Å². The van der Waals surface area contributed by atoms with E-state index in [4.69, 9.17) is 0 Å². The molecule has 0 spiro atoms. The Morgan fingerprint density at radius 1 is 1.50 bits per heavy atom. The zero-order valence-corrected chi connectivity index (χ0v) is 11.5. The predicted molar refractivity (Wildman–Crippen MR) is 75.4 cm³/mol. The molecule has 1 atom stereocenters. The molecule has 0 fully saturated rings. The Kier molecular flexibility index (Phi) is 6.75. The molecule has 1 aromatic rings. The summed E-state index contributed by atoms with van der Waals surface area (Å²) in [5.41, 5.74) is 0.485. The van der Waals surface area contributed by atoms with Gasteiger partial charge in [0.2, 0.25) is 5.91 Å². The Bertz CT molecular complexity index is 387. The molecule has 100 valence electrons. The van der Waals surface area contributed by atoms with Crippen LogP contribution in [0.5, 0.6) is 0 Å². The van der Waals surface area contributed by atoms with Crippen LogP contribution in [0, 0.1) is 11.7 Å². The summed E-state index contributed by atoms with van der Waals surface area (Å²) in [6, 6.07) is 5.88. The number of rotatable bonds is 7. The van der Waals surface area contributed by atoms with Gasteiger partial charge in [0.15, 0.2) is 0 Å². The molecule has 1 rings (SSSR count). The van der Waals surface area contributed by atoms with Gasteiger partial charge in [-0.1, -0.05) is 13.0 Å². The van der Waals surface area contributed by atoms with Crippen LogP contribution >= 0.6 is 11.8 Å². The maximum Gasteiger partial charge on any atom is 0.238 e. The smallest absolute Gasteiger partial charge is 0.238 e. The minimum atomic E-state index is -0.352. The van der Waals surface area contributed by atoms with Crippen LogP contribution in [-0.2, 0) is 4.79 Å². The molecule has 0 radical (unpaired) electrons. The number of carbonyl (C=O) groups excluding carboxylic acids is 1. The predicted octanol–water partition coefficient (Wildman–Crippen LogP) is 2.35. The minimum absolute atomic E-state index is 0.156. The van der Waals surface area contributed by atoms with E-state index in [-0.39, 0.29) is 18.3 Å². The highest BCUT2D eigenvalue weighted by molar-refractivity contribution is 7.98. The molecule has 1 amide bonds. The third-order valence-corrected chi connectivity index (χ3v) is 3.24. The van der Waals surface area contributed by atoms with Crippen molar-refractivity contribution in [3.8, 4) is 0 Å². The molecule has 18 heavy (non-hydrogen) atoms. The van der Waals surface area contributed by atoms with Crippen molar-refractivity contribution in [3.63, 3.8) is 0 Å². The highest BCUT2D eigenvalue weighted by Gasteiger charge is 2.04. The first-order chi connectivity index (χ1) is 8.61. The fourth-order valence-corrected chi connectivity index (χ4v) is 2.23. The maximum absolute atomic E-state index is 12.9. The molecule has 2 N–H and O–H groups in total. The van der Waals surface area contributed by atoms with Gasteiger partial charge in [-0.25, -0.2) is 4.39 Å². The summed E-state index contributed by atoms with van der Waals surface area (Å²) >= 11 is 1.79. The normalized spacial score (nSPS) is 12.2. The van der Waals surface area contributed by atoms with Crippen molar-refractivity contribution in [2.24, 2.45) is 5.92 Å². The van der Waals surface area contributed by atoms with E-state index >= 15 is 0 Å². The van der Waals surface area contributed by atoms with Gasteiger partial charge in [0, 0.05) is 5.69 Å². The topological polar surface area (TPSA) is 41.1 Å². The first kappa shape index (κ1) is 15.0. The number of thioether (sulfide) groups is 1. The van der Waals surface area contributed by atoms with Gasteiger partial charge < -0.3 is 10.6 Å². The second kappa shape index (κ2) is 8.11. The summed E-state index contributed by atoms with van der Waals surface area (Å²) < 4.78 is 12.9. The zero-order chi connectivity index (χ0) is 13.4.